The Morgan fingerprint density at radius 3 is 2.33 bits per heavy atom. The van der Waals surface area contributed by atoms with Crippen LogP contribution < -0.4 is 22.1 Å². The van der Waals surface area contributed by atoms with Gasteiger partial charge in [-0.1, -0.05) is 0 Å². The van der Waals surface area contributed by atoms with Gasteiger partial charge in [0.05, 0.1) is 6.54 Å². The molecular weight excluding hydrogens is 200 g/mol. The summed E-state index contributed by atoms with van der Waals surface area (Å²) in [6.45, 7) is -0.204. The first-order valence-corrected chi connectivity index (χ1v) is 4.50. The standard InChI is InChI=1S/C8H16N4O3/c1-11-8(15)5(2-3-6(10)13)12-7(14)4-9/h5H,2-4,9H2,1H3,(H2,10,13)(H,11,15)(H,12,14). The van der Waals surface area contributed by atoms with Gasteiger partial charge in [-0.2, -0.15) is 0 Å². The predicted octanol–water partition coefficient (Wildman–Crippen LogP) is -2.56. The highest BCUT2D eigenvalue weighted by atomic mass is 16.2. The van der Waals surface area contributed by atoms with Crippen molar-refractivity contribution in [2.45, 2.75) is 18.9 Å². The second-order valence-corrected chi connectivity index (χ2v) is 2.94. The van der Waals surface area contributed by atoms with Crippen molar-refractivity contribution in [3.05, 3.63) is 0 Å². The van der Waals surface area contributed by atoms with Crippen molar-refractivity contribution in [3.8, 4) is 0 Å². The molecule has 15 heavy (non-hydrogen) atoms. The van der Waals surface area contributed by atoms with E-state index in [4.69, 9.17) is 11.5 Å². The van der Waals surface area contributed by atoms with Crippen LogP contribution in [0.1, 0.15) is 12.8 Å². The van der Waals surface area contributed by atoms with E-state index in [1.165, 1.54) is 7.05 Å². The van der Waals surface area contributed by atoms with Crippen molar-refractivity contribution in [3.63, 3.8) is 0 Å². The van der Waals surface area contributed by atoms with E-state index < -0.39 is 17.9 Å². The van der Waals surface area contributed by atoms with Gasteiger partial charge in [-0.25, -0.2) is 0 Å². The first kappa shape index (κ1) is 13.4. The molecule has 0 saturated carbocycles. The second kappa shape index (κ2) is 6.77. The van der Waals surface area contributed by atoms with Crippen molar-refractivity contribution < 1.29 is 14.4 Å². The maximum Gasteiger partial charge on any atom is 0.242 e. The number of primary amides is 1. The lowest BCUT2D eigenvalue weighted by atomic mass is 10.1. The fourth-order valence-electron chi connectivity index (χ4n) is 0.983. The Morgan fingerprint density at radius 1 is 1.33 bits per heavy atom. The van der Waals surface area contributed by atoms with Crippen molar-refractivity contribution in [1.29, 1.82) is 0 Å². The van der Waals surface area contributed by atoms with Crippen LogP contribution in [0.3, 0.4) is 0 Å². The Balaban J connectivity index is 4.24. The molecule has 0 spiro atoms. The second-order valence-electron chi connectivity index (χ2n) is 2.94. The molecule has 6 N–H and O–H groups in total. The van der Waals surface area contributed by atoms with E-state index >= 15 is 0 Å². The number of rotatable bonds is 6. The van der Waals surface area contributed by atoms with Crippen LogP contribution in [0.2, 0.25) is 0 Å². The van der Waals surface area contributed by atoms with Gasteiger partial charge in [0.15, 0.2) is 0 Å². The summed E-state index contributed by atoms with van der Waals surface area (Å²) in [5.41, 5.74) is 10.0. The largest absolute Gasteiger partial charge is 0.370 e. The number of hydrogen-bond donors (Lipinski definition) is 4. The third kappa shape index (κ3) is 5.63. The van der Waals surface area contributed by atoms with Crippen molar-refractivity contribution in [2.75, 3.05) is 13.6 Å². The molecule has 0 fully saturated rings. The van der Waals surface area contributed by atoms with Crippen LogP contribution in [-0.2, 0) is 14.4 Å². The lowest BCUT2D eigenvalue weighted by Gasteiger charge is -2.15. The minimum absolute atomic E-state index is 0.0307. The lowest BCUT2D eigenvalue weighted by molar-refractivity contribution is -0.128. The maximum atomic E-state index is 11.3. The topological polar surface area (TPSA) is 127 Å². The van der Waals surface area contributed by atoms with E-state index in [0.717, 1.165) is 0 Å². The van der Waals surface area contributed by atoms with Gasteiger partial charge in [-0.3, -0.25) is 14.4 Å². The maximum absolute atomic E-state index is 11.3. The molecule has 0 heterocycles. The van der Waals surface area contributed by atoms with Crippen LogP contribution in [-0.4, -0.2) is 37.4 Å². The van der Waals surface area contributed by atoms with E-state index in [1.54, 1.807) is 0 Å². The van der Waals surface area contributed by atoms with Crippen LogP contribution in [0, 0.1) is 0 Å². The monoisotopic (exact) mass is 216 g/mol. The van der Waals surface area contributed by atoms with Crippen molar-refractivity contribution in [1.82, 2.24) is 10.6 Å². The van der Waals surface area contributed by atoms with Gasteiger partial charge in [0.2, 0.25) is 17.7 Å². The molecule has 0 radical (unpaired) electrons. The van der Waals surface area contributed by atoms with Crippen LogP contribution in [0.5, 0.6) is 0 Å². The molecule has 0 rings (SSSR count). The zero-order valence-corrected chi connectivity index (χ0v) is 8.58. The molecule has 0 aromatic carbocycles. The molecular formula is C8H16N4O3. The fourth-order valence-corrected chi connectivity index (χ4v) is 0.983. The predicted molar refractivity (Wildman–Crippen MR) is 53.5 cm³/mol. The third-order valence-corrected chi connectivity index (χ3v) is 1.76. The summed E-state index contributed by atoms with van der Waals surface area (Å²) in [5.74, 6) is -1.35. The molecule has 7 nitrogen and oxygen atoms in total. The Morgan fingerprint density at radius 2 is 1.93 bits per heavy atom. The zero-order chi connectivity index (χ0) is 11.8. The van der Waals surface area contributed by atoms with E-state index in [9.17, 15) is 14.4 Å². The number of carbonyl (C=O) groups is 3. The highest BCUT2D eigenvalue weighted by molar-refractivity contribution is 5.88. The van der Waals surface area contributed by atoms with Gasteiger partial charge >= 0.3 is 0 Å². The fraction of sp³-hybridized carbons (Fsp3) is 0.625. The van der Waals surface area contributed by atoms with Gasteiger partial charge in [0.25, 0.3) is 0 Å². The Hall–Kier alpha value is -1.63. The van der Waals surface area contributed by atoms with Gasteiger partial charge in [0, 0.05) is 13.5 Å². The molecule has 7 heteroatoms. The minimum Gasteiger partial charge on any atom is -0.370 e. The number of nitrogens with one attached hydrogen (secondary N) is 2. The Kier molecular flexibility index (Phi) is 6.03. The van der Waals surface area contributed by atoms with Crippen LogP contribution in [0.15, 0.2) is 0 Å². The average molecular weight is 216 g/mol. The van der Waals surface area contributed by atoms with Crippen LogP contribution in [0.25, 0.3) is 0 Å². The molecule has 3 amide bonds. The summed E-state index contributed by atoms with van der Waals surface area (Å²) in [5, 5.41) is 4.76. The highest BCUT2D eigenvalue weighted by Crippen LogP contribution is 1.96. The highest BCUT2D eigenvalue weighted by Gasteiger charge is 2.19. The van der Waals surface area contributed by atoms with Crippen molar-refractivity contribution in [2.24, 2.45) is 11.5 Å². The molecule has 0 aliphatic heterocycles. The van der Waals surface area contributed by atoms with E-state index in [0.29, 0.717) is 0 Å². The number of nitrogens with two attached hydrogens (primary N) is 2. The summed E-state index contributed by atoms with van der Waals surface area (Å²) in [4.78, 5) is 32.7. The smallest absolute Gasteiger partial charge is 0.242 e. The number of hydrogen-bond acceptors (Lipinski definition) is 4. The minimum atomic E-state index is -0.765. The van der Waals surface area contributed by atoms with Crippen molar-refractivity contribution >= 4 is 17.7 Å². The normalized spacial score (nSPS) is 11.6. The Bertz CT molecular complexity index is 254. The van der Waals surface area contributed by atoms with Crippen LogP contribution >= 0.6 is 0 Å². The van der Waals surface area contributed by atoms with Gasteiger partial charge in [-0.15, -0.1) is 0 Å². The Labute approximate surface area is 87.6 Å². The summed E-state index contributed by atoms with van der Waals surface area (Å²) < 4.78 is 0. The molecule has 0 aromatic rings. The number of carbonyl (C=O) groups excluding carboxylic acids is 3. The SMILES string of the molecule is CNC(=O)C(CCC(N)=O)NC(=O)CN. The molecule has 0 aliphatic carbocycles. The third-order valence-electron chi connectivity index (χ3n) is 1.76. The average Bonchev–Trinajstić information content (AvgIpc) is 2.22. The molecule has 86 valence electrons. The van der Waals surface area contributed by atoms with Crippen LogP contribution in [0.4, 0.5) is 0 Å². The number of amides is 3. The molecule has 0 aliphatic rings. The van der Waals surface area contributed by atoms with E-state index in [-0.39, 0.29) is 25.3 Å². The zero-order valence-electron chi connectivity index (χ0n) is 8.58. The van der Waals surface area contributed by atoms with Gasteiger partial charge in [0.1, 0.15) is 6.04 Å². The molecule has 0 saturated heterocycles. The summed E-state index contributed by atoms with van der Waals surface area (Å²) in [7, 11) is 1.44. The summed E-state index contributed by atoms with van der Waals surface area (Å²) in [6, 6.07) is -0.765. The van der Waals surface area contributed by atoms with E-state index in [1.807, 2.05) is 0 Å². The lowest BCUT2D eigenvalue weighted by Crippen LogP contribution is -2.47. The first-order chi connectivity index (χ1) is 7.01. The van der Waals surface area contributed by atoms with E-state index in [2.05, 4.69) is 10.6 Å². The molecule has 1 atom stereocenters. The summed E-state index contributed by atoms with van der Waals surface area (Å²) >= 11 is 0. The summed E-state index contributed by atoms with van der Waals surface area (Å²) in [6.07, 6.45) is 0.198. The quantitative estimate of drug-likeness (QED) is 0.389. The van der Waals surface area contributed by atoms with Gasteiger partial charge < -0.3 is 22.1 Å². The van der Waals surface area contributed by atoms with Gasteiger partial charge in [-0.05, 0) is 6.42 Å². The number of likely N-dealkylation sites (N-methyl/N-ethyl adjacent to an activating group) is 1. The molecule has 0 aromatic heterocycles. The molecule has 1 unspecified atom stereocenters. The molecule has 0 bridgehead atoms. The first-order valence-electron chi connectivity index (χ1n) is 4.50.